The van der Waals surface area contributed by atoms with E-state index in [9.17, 15) is 5.48 Å². The van der Waals surface area contributed by atoms with E-state index in [1.165, 1.54) is 0 Å². The summed E-state index contributed by atoms with van der Waals surface area (Å²) in [4.78, 5) is 14.8. The standard InChI is InChI=1S/C51H31N3OS/c1-4-10-32(11-5-1)35-16-18-36(19-17-35)49-52-50(39-22-26-45-43(29-39)41-24-20-38(30-46(41)55-45)34-14-8-3-9-15-34)54-51(53-49)40-21-25-42-44-28-37(33-12-6-2-7-13-33)23-27-47(44)56-48(42)31-40/h1-31H/i21D,23D,25D,27D,28D,31D. The van der Waals surface area contributed by atoms with Gasteiger partial charge in [0.25, 0.3) is 0 Å². The normalized spacial score (nSPS) is 13.1. The zero-order valence-corrected chi connectivity index (χ0v) is 30.4. The van der Waals surface area contributed by atoms with Crippen LogP contribution in [0.15, 0.2) is 192 Å². The van der Waals surface area contributed by atoms with E-state index in [1.807, 2.05) is 115 Å². The van der Waals surface area contributed by atoms with Crippen LogP contribution in [0.5, 0.6) is 0 Å². The van der Waals surface area contributed by atoms with Crippen molar-refractivity contribution in [2.75, 3.05) is 0 Å². The molecule has 262 valence electrons. The first-order valence-corrected chi connectivity index (χ1v) is 19.0. The lowest BCUT2D eigenvalue weighted by molar-refractivity contribution is 0.669. The second-order valence-corrected chi connectivity index (χ2v) is 14.5. The molecule has 0 aliphatic rings. The molecular weight excluding hydrogens is 703 g/mol. The van der Waals surface area contributed by atoms with Gasteiger partial charge in [0.1, 0.15) is 11.2 Å². The molecule has 0 spiro atoms. The molecule has 0 radical (unpaired) electrons. The van der Waals surface area contributed by atoms with Gasteiger partial charge in [-0.25, -0.2) is 15.0 Å². The summed E-state index contributed by atoms with van der Waals surface area (Å²) in [6, 6.07) is 48.2. The summed E-state index contributed by atoms with van der Waals surface area (Å²) in [7, 11) is 0. The molecule has 0 amide bonds. The molecule has 56 heavy (non-hydrogen) atoms. The monoisotopic (exact) mass is 739 g/mol. The molecule has 0 atom stereocenters. The molecule has 8 aromatic carbocycles. The second-order valence-electron chi connectivity index (χ2n) is 13.5. The lowest BCUT2D eigenvalue weighted by Gasteiger charge is -2.09. The molecule has 3 aromatic heterocycles. The number of hydrogen-bond acceptors (Lipinski definition) is 5. The number of benzene rings is 8. The average Bonchev–Trinajstić information content (AvgIpc) is 3.91. The van der Waals surface area contributed by atoms with Gasteiger partial charge in [0.2, 0.25) is 0 Å². The van der Waals surface area contributed by atoms with Crippen LogP contribution < -0.4 is 0 Å². The van der Waals surface area contributed by atoms with E-state index in [2.05, 4.69) is 24.3 Å². The molecule has 5 heteroatoms. The van der Waals surface area contributed by atoms with Crippen molar-refractivity contribution in [1.82, 2.24) is 15.0 Å². The fraction of sp³-hybridized carbons (Fsp3) is 0. The minimum Gasteiger partial charge on any atom is -0.456 e. The van der Waals surface area contributed by atoms with Gasteiger partial charge in [0.15, 0.2) is 17.5 Å². The summed E-state index contributed by atoms with van der Waals surface area (Å²) in [6.45, 7) is 0. The zero-order chi connectivity index (χ0) is 42.2. The first-order chi connectivity index (χ1) is 30.2. The van der Waals surface area contributed by atoms with Gasteiger partial charge >= 0.3 is 0 Å². The van der Waals surface area contributed by atoms with Gasteiger partial charge in [-0.2, -0.15) is 0 Å². The van der Waals surface area contributed by atoms with Gasteiger partial charge in [-0.3, -0.25) is 0 Å². The highest BCUT2D eigenvalue weighted by Gasteiger charge is 2.17. The van der Waals surface area contributed by atoms with Gasteiger partial charge in [-0.15, -0.1) is 11.3 Å². The van der Waals surface area contributed by atoms with Gasteiger partial charge in [0, 0.05) is 47.6 Å². The highest BCUT2D eigenvalue weighted by molar-refractivity contribution is 7.25. The molecule has 0 saturated heterocycles. The van der Waals surface area contributed by atoms with Crippen molar-refractivity contribution in [3.05, 3.63) is 188 Å². The maximum absolute atomic E-state index is 9.61. The SMILES string of the molecule is [2H]c1c(-c2ccccc2)c([2H])c2c(sc3c([2H])c(-c4nc(-c5ccc(-c6ccccc6)cc5)nc(-c5ccc6oc7cc(-c8ccccc8)ccc7c6c5)n4)c([2H])c([2H])c32)c1[2H]. The predicted molar refractivity (Wildman–Crippen MR) is 233 cm³/mol. The number of nitrogens with zero attached hydrogens (tertiary/aromatic N) is 3. The van der Waals surface area contributed by atoms with Gasteiger partial charge in [0.05, 0.1) is 8.22 Å². The smallest absolute Gasteiger partial charge is 0.164 e. The molecule has 11 aromatic rings. The summed E-state index contributed by atoms with van der Waals surface area (Å²) in [6.07, 6.45) is 0. The molecule has 0 aliphatic carbocycles. The van der Waals surface area contributed by atoms with Crippen LogP contribution in [-0.4, -0.2) is 15.0 Å². The third kappa shape index (κ3) is 5.74. The van der Waals surface area contributed by atoms with Crippen LogP contribution in [0.1, 0.15) is 8.22 Å². The third-order valence-corrected chi connectivity index (χ3v) is 11.0. The Kier molecular flexibility index (Phi) is 6.29. The third-order valence-electron chi connectivity index (χ3n) is 10.0. The largest absolute Gasteiger partial charge is 0.456 e. The average molecular weight is 740 g/mol. The first kappa shape index (κ1) is 26.5. The molecule has 0 saturated carbocycles. The van der Waals surface area contributed by atoms with E-state index < -0.39 is 0 Å². The van der Waals surface area contributed by atoms with Crippen molar-refractivity contribution in [3.8, 4) is 67.5 Å². The fourth-order valence-electron chi connectivity index (χ4n) is 7.17. The Morgan fingerprint density at radius 1 is 0.357 bits per heavy atom. The maximum Gasteiger partial charge on any atom is 0.164 e. The Morgan fingerprint density at radius 2 is 0.911 bits per heavy atom. The molecule has 0 bridgehead atoms. The van der Waals surface area contributed by atoms with Gasteiger partial charge in [-0.1, -0.05) is 139 Å². The molecule has 11 rings (SSSR count). The van der Waals surface area contributed by atoms with Crippen molar-refractivity contribution in [3.63, 3.8) is 0 Å². The molecule has 4 nitrogen and oxygen atoms in total. The van der Waals surface area contributed by atoms with Crippen LogP contribution in [0.4, 0.5) is 0 Å². The Hall–Kier alpha value is -7.21. The highest BCUT2D eigenvalue weighted by atomic mass is 32.1. The van der Waals surface area contributed by atoms with Crippen molar-refractivity contribution in [2.24, 2.45) is 0 Å². The van der Waals surface area contributed by atoms with Crippen molar-refractivity contribution >= 4 is 53.4 Å². The first-order valence-electron chi connectivity index (χ1n) is 21.2. The molecule has 0 aliphatic heterocycles. The van der Waals surface area contributed by atoms with Crippen LogP contribution >= 0.6 is 11.3 Å². The van der Waals surface area contributed by atoms with E-state index in [0.717, 1.165) is 49.9 Å². The predicted octanol–water partition coefficient (Wildman–Crippen LogP) is 14.1. The number of thiophene rings is 1. The van der Waals surface area contributed by atoms with E-state index in [1.54, 1.807) is 12.1 Å². The summed E-state index contributed by atoms with van der Waals surface area (Å²) in [5.41, 5.74) is 7.92. The molecule has 0 unspecified atom stereocenters. The van der Waals surface area contributed by atoms with E-state index in [4.69, 9.17) is 22.1 Å². The molecule has 0 N–H and O–H groups in total. The number of rotatable bonds is 6. The lowest BCUT2D eigenvalue weighted by atomic mass is 10.0. The highest BCUT2D eigenvalue weighted by Crippen LogP contribution is 2.39. The second kappa shape index (κ2) is 13.3. The quantitative estimate of drug-likeness (QED) is 0.170. The Bertz CT molecular complexity index is 3580. The maximum atomic E-state index is 9.61. The summed E-state index contributed by atoms with van der Waals surface area (Å²) >= 11 is 1.08. The van der Waals surface area contributed by atoms with Crippen LogP contribution in [0.2, 0.25) is 0 Å². The molecular formula is C51H31N3OS. The van der Waals surface area contributed by atoms with E-state index in [0.29, 0.717) is 43.3 Å². The number of fused-ring (bicyclic) bond motifs is 6. The van der Waals surface area contributed by atoms with Crippen molar-refractivity contribution in [1.29, 1.82) is 0 Å². The van der Waals surface area contributed by atoms with E-state index in [-0.39, 0.29) is 64.0 Å². The molecule has 3 heterocycles. The Balaban J connectivity index is 1.11. The Morgan fingerprint density at radius 3 is 1.62 bits per heavy atom. The summed E-state index contributed by atoms with van der Waals surface area (Å²) in [5, 5.41) is 2.32. The fourth-order valence-corrected chi connectivity index (χ4v) is 8.14. The van der Waals surface area contributed by atoms with Crippen LogP contribution in [0.3, 0.4) is 0 Å². The minimum absolute atomic E-state index is 0.0133. The number of hydrogen-bond donors (Lipinski definition) is 0. The lowest BCUT2D eigenvalue weighted by Crippen LogP contribution is -2.00. The van der Waals surface area contributed by atoms with Crippen LogP contribution in [0, 0.1) is 0 Å². The molecule has 0 fully saturated rings. The Labute approximate surface area is 335 Å². The van der Waals surface area contributed by atoms with Crippen molar-refractivity contribution < 1.29 is 12.6 Å². The minimum atomic E-state index is -0.280. The number of furan rings is 1. The van der Waals surface area contributed by atoms with Crippen LogP contribution in [-0.2, 0) is 0 Å². The van der Waals surface area contributed by atoms with Crippen LogP contribution in [0.25, 0.3) is 110 Å². The number of aromatic nitrogens is 3. The zero-order valence-electron chi connectivity index (χ0n) is 35.6. The summed E-state index contributed by atoms with van der Waals surface area (Å²) < 4.78 is 62.6. The summed E-state index contributed by atoms with van der Waals surface area (Å²) in [5.74, 6) is 0.682. The van der Waals surface area contributed by atoms with Crippen molar-refractivity contribution in [2.45, 2.75) is 0 Å². The van der Waals surface area contributed by atoms with Gasteiger partial charge in [-0.05, 0) is 81.8 Å². The topological polar surface area (TPSA) is 51.8 Å². The van der Waals surface area contributed by atoms with E-state index >= 15 is 0 Å². The van der Waals surface area contributed by atoms with Gasteiger partial charge < -0.3 is 4.42 Å².